The summed E-state index contributed by atoms with van der Waals surface area (Å²) in [4.78, 5) is 11.8. The minimum Gasteiger partial charge on any atom is -0.381 e. The summed E-state index contributed by atoms with van der Waals surface area (Å²) in [6.45, 7) is 4.06. The van der Waals surface area contributed by atoms with Gasteiger partial charge in [-0.25, -0.2) is 0 Å². The Morgan fingerprint density at radius 2 is 2.25 bits per heavy atom. The van der Waals surface area contributed by atoms with Crippen LogP contribution in [0.2, 0.25) is 0 Å². The highest BCUT2D eigenvalue weighted by Gasteiger charge is 2.28. The van der Waals surface area contributed by atoms with Crippen LogP contribution in [0, 0.1) is 5.92 Å². The average molecular weight is 228 g/mol. The van der Waals surface area contributed by atoms with E-state index in [1.807, 2.05) is 13.8 Å². The summed E-state index contributed by atoms with van der Waals surface area (Å²) < 4.78 is 5.27. The van der Waals surface area contributed by atoms with Crippen molar-refractivity contribution >= 4 is 5.91 Å². The SMILES string of the molecule is CC[C@H](C)[C@H](N)C(=O)NC1CCC(OC)C1. The molecule has 2 unspecified atom stereocenters. The topological polar surface area (TPSA) is 64.4 Å². The second-order valence-corrected chi connectivity index (χ2v) is 4.79. The smallest absolute Gasteiger partial charge is 0.237 e. The Labute approximate surface area is 97.9 Å². The van der Waals surface area contributed by atoms with Crippen molar-refractivity contribution in [2.45, 2.75) is 57.7 Å². The number of hydrogen-bond acceptors (Lipinski definition) is 3. The fourth-order valence-electron chi connectivity index (χ4n) is 2.10. The number of carbonyl (C=O) groups excluding carboxylic acids is 1. The number of methoxy groups -OCH3 is 1. The first-order chi connectivity index (χ1) is 7.58. The number of carbonyl (C=O) groups is 1. The zero-order valence-electron chi connectivity index (χ0n) is 10.5. The molecule has 1 saturated carbocycles. The molecule has 0 heterocycles. The van der Waals surface area contributed by atoms with Crippen LogP contribution in [0.3, 0.4) is 0 Å². The first-order valence-electron chi connectivity index (χ1n) is 6.17. The van der Waals surface area contributed by atoms with Crippen LogP contribution in [-0.2, 0) is 9.53 Å². The van der Waals surface area contributed by atoms with Gasteiger partial charge in [0.1, 0.15) is 0 Å². The molecule has 0 aromatic heterocycles. The van der Waals surface area contributed by atoms with Crippen molar-refractivity contribution in [1.29, 1.82) is 0 Å². The van der Waals surface area contributed by atoms with Crippen molar-refractivity contribution < 1.29 is 9.53 Å². The van der Waals surface area contributed by atoms with Crippen molar-refractivity contribution in [1.82, 2.24) is 5.32 Å². The molecule has 0 bridgehead atoms. The zero-order chi connectivity index (χ0) is 12.1. The molecule has 1 aliphatic rings. The lowest BCUT2D eigenvalue weighted by Gasteiger charge is -2.20. The van der Waals surface area contributed by atoms with E-state index in [1.165, 1.54) is 0 Å². The molecule has 0 aromatic carbocycles. The molecule has 4 atom stereocenters. The van der Waals surface area contributed by atoms with Crippen LogP contribution in [-0.4, -0.2) is 31.2 Å². The Bertz CT molecular complexity index is 233. The molecule has 0 aliphatic heterocycles. The van der Waals surface area contributed by atoms with Crippen molar-refractivity contribution in [3.05, 3.63) is 0 Å². The minimum absolute atomic E-state index is 0.0175. The molecule has 1 fully saturated rings. The van der Waals surface area contributed by atoms with E-state index in [9.17, 15) is 4.79 Å². The van der Waals surface area contributed by atoms with Gasteiger partial charge in [-0.2, -0.15) is 0 Å². The maximum Gasteiger partial charge on any atom is 0.237 e. The van der Waals surface area contributed by atoms with Gasteiger partial charge in [0.2, 0.25) is 5.91 Å². The zero-order valence-corrected chi connectivity index (χ0v) is 10.5. The van der Waals surface area contributed by atoms with Crippen LogP contribution in [0.25, 0.3) is 0 Å². The quantitative estimate of drug-likeness (QED) is 0.739. The lowest BCUT2D eigenvalue weighted by molar-refractivity contribution is -0.124. The summed E-state index contributed by atoms with van der Waals surface area (Å²) in [6.07, 6.45) is 4.16. The molecular weight excluding hydrogens is 204 g/mol. The van der Waals surface area contributed by atoms with Crippen LogP contribution in [0.5, 0.6) is 0 Å². The normalized spacial score (nSPS) is 28.8. The Morgan fingerprint density at radius 3 is 2.75 bits per heavy atom. The molecule has 1 amide bonds. The van der Waals surface area contributed by atoms with Gasteiger partial charge in [0.15, 0.2) is 0 Å². The fourth-order valence-corrected chi connectivity index (χ4v) is 2.10. The summed E-state index contributed by atoms with van der Waals surface area (Å²) in [5.41, 5.74) is 5.87. The summed E-state index contributed by atoms with van der Waals surface area (Å²) in [5.74, 6) is 0.218. The number of ether oxygens (including phenoxy) is 1. The van der Waals surface area contributed by atoms with Gasteiger partial charge in [-0.1, -0.05) is 20.3 Å². The van der Waals surface area contributed by atoms with E-state index in [0.29, 0.717) is 6.10 Å². The van der Waals surface area contributed by atoms with Crippen LogP contribution in [0.1, 0.15) is 39.5 Å². The standard InChI is InChI=1S/C12H24N2O2/c1-4-8(2)11(13)12(15)14-9-5-6-10(7-9)16-3/h8-11H,4-7,13H2,1-3H3,(H,14,15)/t8-,9?,10?,11-/m0/s1. The number of rotatable bonds is 5. The molecule has 1 rings (SSSR count). The summed E-state index contributed by atoms with van der Waals surface area (Å²) in [7, 11) is 1.72. The molecule has 3 N–H and O–H groups in total. The molecule has 0 radical (unpaired) electrons. The Morgan fingerprint density at radius 1 is 1.56 bits per heavy atom. The third-order valence-electron chi connectivity index (χ3n) is 3.62. The first kappa shape index (κ1) is 13.5. The van der Waals surface area contributed by atoms with E-state index >= 15 is 0 Å². The van der Waals surface area contributed by atoms with Gasteiger partial charge >= 0.3 is 0 Å². The maximum absolute atomic E-state index is 11.8. The van der Waals surface area contributed by atoms with Gasteiger partial charge in [-0.05, 0) is 25.2 Å². The molecular formula is C12H24N2O2. The summed E-state index contributed by atoms with van der Waals surface area (Å²) in [6, 6.07) is -0.140. The Hall–Kier alpha value is -0.610. The number of nitrogens with one attached hydrogen (secondary N) is 1. The minimum atomic E-state index is -0.383. The molecule has 1 aliphatic carbocycles. The molecule has 0 saturated heterocycles. The van der Waals surface area contributed by atoms with E-state index < -0.39 is 0 Å². The molecule has 4 heteroatoms. The molecule has 94 valence electrons. The van der Waals surface area contributed by atoms with Crippen LogP contribution < -0.4 is 11.1 Å². The predicted molar refractivity (Wildman–Crippen MR) is 64.0 cm³/mol. The largest absolute Gasteiger partial charge is 0.381 e. The van der Waals surface area contributed by atoms with Gasteiger partial charge in [-0.15, -0.1) is 0 Å². The van der Waals surface area contributed by atoms with Gasteiger partial charge < -0.3 is 15.8 Å². The molecule has 0 aromatic rings. The van der Waals surface area contributed by atoms with Crippen LogP contribution >= 0.6 is 0 Å². The van der Waals surface area contributed by atoms with Crippen molar-refractivity contribution in [3.8, 4) is 0 Å². The molecule has 4 nitrogen and oxygen atoms in total. The molecule has 0 spiro atoms. The van der Waals surface area contributed by atoms with Crippen molar-refractivity contribution in [2.75, 3.05) is 7.11 Å². The average Bonchev–Trinajstić information content (AvgIpc) is 2.74. The van der Waals surface area contributed by atoms with Gasteiger partial charge in [-0.3, -0.25) is 4.79 Å². The Balaban J connectivity index is 2.34. The van der Waals surface area contributed by atoms with Gasteiger partial charge in [0, 0.05) is 13.2 Å². The van der Waals surface area contributed by atoms with Crippen LogP contribution in [0.4, 0.5) is 0 Å². The third kappa shape index (κ3) is 3.46. The summed E-state index contributed by atoms with van der Waals surface area (Å²) >= 11 is 0. The molecule has 16 heavy (non-hydrogen) atoms. The monoisotopic (exact) mass is 228 g/mol. The number of amides is 1. The van der Waals surface area contributed by atoms with Gasteiger partial charge in [0.05, 0.1) is 12.1 Å². The third-order valence-corrected chi connectivity index (χ3v) is 3.62. The van der Waals surface area contributed by atoms with E-state index in [-0.39, 0.29) is 23.9 Å². The van der Waals surface area contributed by atoms with Crippen molar-refractivity contribution in [3.63, 3.8) is 0 Å². The highest BCUT2D eigenvalue weighted by molar-refractivity contribution is 5.82. The lowest BCUT2D eigenvalue weighted by Crippen LogP contribution is -2.47. The van der Waals surface area contributed by atoms with Crippen molar-refractivity contribution in [2.24, 2.45) is 11.7 Å². The lowest BCUT2D eigenvalue weighted by atomic mass is 9.99. The second-order valence-electron chi connectivity index (χ2n) is 4.79. The van der Waals surface area contributed by atoms with Crippen LogP contribution in [0.15, 0.2) is 0 Å². The van der Waals surface area contributed by atoms with E-state index in [2.05, 4.69) is 5.32 Å². The Kier molecular flexibility index (Phi) is 5.22. The van der Waals surface area contributed by atoms with E-state index in [4.69, 9.17) is 10.5 Å². The fraction of sp³-hybridized carbons (Fsp3) is 0.917. The second kappa shape index (κ2) is 6.21. The first-order valence-corrected chi connectivity index (χ1v) is 6.17. The maximum atomic E-state index is 11.8. The van der Waals surface area contributed by atoms with E-state index in [1.54, 1.807) is 7.11 Å². The predicted octanol–water partition coefficient (Wildman–Crippen LogP) is 1.04. The van der Waals surface area contributed by atoms with E-state index in [0.717, 1.165) is 25.7 Å². The highest BCUT2D eigenvalue weighted by atomic mass is 16.5. The van der Waals surface area contributed by atoms with Gasteiger partial charge in [0.25, 0.3) is 0 Å². The summed E-state index contributed by atoms with van der Waals surface area (Å²) in [5, 5.41) is 3.01. The number of hydrogen-bond donors (Lipinski definition) is 2. The number of nitrogens with two attached hydrogens (primary N) is 1. The highest BCUT2D eigenvalue weighted by Crippen LogP contribution is 2.21.